The normalized spacial score (nSPS) is 11.7. The van der Waals surface area contributed by atoms with E-state index in [0.29, 0.717) is 0 Å². The van der Waals surface area contributed by atoms with E-state index in [-0.39, 0.29) is 23.5 Å². The molecule has 1 amide bonds. The summed E-state index contributed by atoms with van der Waals surface area (Å²) in [6, 6.07) is 11.4. The van der Waals surface area contributed by atoms with E-state index in [1.807, 2.05) is 24.3 Å². The number of non-ortho nitro benzene ring substituents is 1. The van der Waals surface area contributed by atoms with Gasteiger partial charge in [0.1, 0.15) is 5.75 Å². The second kappa shape index (κ2) is 8.42. The number of carbonyl (C=O) groups is 2. The highest BCUT2D eigenvalue weighted by atomic mass is 16.6. The molecule has 0 radical (unpaired) electrons. The third-order valence-electron chi connectivity index (χ3n) is 4.34. The number of nitrogens with zero attached hydrogens (tertiary/aromatic N) is 1. The number of hydrogen-bond donors (Lipinski definition) is 2. The predicted octanol–water partition coefficient (Wildman–Crippen LogP) is 3.20. The molecule has 1 aromatic heterocycles. The van der Waals surface area contributed by atoms with Gasteiger partial charge in [-0.25, -0.2) is 0 Å². The Kier molecular flexibility index (Phi) is 5.77. The van der Waals surface area contributed by atoms with E-state index in [9.17, 15) is 19.7 Å². The number of fused-ring (bicyclic) bond motifs is 1. The number of anilines is 1. The van der Waals surface area contributed by atoms with Crippen molar-refractivity contribution in [2.75, 3.05) is 12.4 Å². The highest BCUT2D eigenvalue weighted by Gasteiger charge is 2.21. The third-order valence-corrected chi connectivity index (χ3v) is 4.34. The summed E-state index contributed by atoms with van der Waals surface area (Å²) in [4.78, 5) is 38.1. The summed E-state index contributed by atoms with van der Waals surface area (Å²) in [6.45, 7) is 1.42. The second-order valence-electron chi connectivity index (χ2n) is 6.30. The lowest BCUT2D eigenvalue weighted by molar-refractivity contribution is -0.384. The minimum atomic E-state index is -1.10. The largest absolute Gasteiger partial charge is 0.495 e. The summed E-state index contributed by atoms with van der Waals surface area (Å²) in [5.74, 6) is -0.944. The molecule has 9 nitrogen and oxygen atoms in total. The van der Waals surface area contributed by atoms with Gasteiger partial charge in [0.25, 0.3) is 11.6 Å². The zero-order valence-corrected chi connectivity index (χ0v) is 15.8. The number of nitrogens with one attached hydrogen (secondary N) is 2. The number of nitro benzene ring substituents is 1. The minimum absolute atomic E-state index is 0.00175. The van der Waals surface area contributed by atoms with Crippen LogP contribution in [0.2, 0.25) is 0 Å². The Morgan fingerprint density at radius 3 is 2.72 bits per heavy atom. The van der Waals surface area contributed by atoms with Gasteiger partial charge in [-0.15, -0.1) is 0 Å². The average Bonchev–Trinajstić information content (AvgIpc) is 3.10. The van der Waals surface area contributed by atoms with Crippen LogP contribution in [0.1, 0.15) is 12.5 Å². The molecule has 3 rings (SSSR count). The number of para-hydroxylation sites is 1. The first-order chi connectivity index (χ1) is 13.9. The summed E-state index contributed by atoms with van der Waals surface area (Å²) >= 11 is 0. The number of benzene rings is 2. The number of ether oxygens (including phenoxy) is 2. The molecule has 0 aliphatic heterocycles. The highest BCUT2D eigenvalue weighted by Crippen LogP contribution is 2.29. The summed E-state index contributed by atoms with van der Waals surface area (Å²) in [5.41, 5.74) is 1.58. The number of aromatic nitrogens is 1. The molecule has 0 saturated carbocycles. The molecule has 29 heavy (non-hydrogen) atoms. The van der Waals surface area contributed by atoms with Crippen LogP contribution in [0.4, 0.5) is 11.4 Å². The Morgan fingerprint density at radius 1 is 1.24 bits per heavy atom. The lowest BCUT2D eigenvalue weighted by atomic mass is 10.1. The Morgan fingerprint density at radius 2 is 2.00 bits per heavy atom. The third kappa shape index (κ3) is 4.52. The first-order valence-electron chi connectivity index (χ1n) is 8.77. The first kappa shape index (κ1) is 19.9. The summed E-state index contributed by atoms with van der Waals surface area (Å²) in [5, 5.41) is 14.3. The van der Waals surface area contributed by atoms with Crippen molar-refractivity contribution >= 4 is 34.2 Å². The van der Waals surface area contributed by atoms with E-state index in [4.69, 9.17) is 9.47 Å². The van der Waals surface area contributed by atoms with Crippen LogP contribution in [0.15, 0.2) is 48.7 Å². The van der Waals surface area contributed by atoms with Crippen LogP contribution in [0.3, 0.4) is 0 Å². The standard InChI is InChI=1S/C20H19N3O6/c1-12(20(25)22-17-10-14(23(26)27)7-8-18(17)28-2)29-19(24)9-13-11-21-16-6-4-3-5-15(13)16/h3-8,10-12,21H,9H2,1-2H3,(H,22,25)/t12-/m1/s1. The van der Waals surface area contributed by atoms with Crippen molar-refractivity contribution in [1.82, 2.24) is 4.98 Å². The fourth-order valence-electron chi connectivity index (χ4n) is 2.87. The van der Waals surface area contributed by atoms with Gasteiger partial charge in [0.15, 0.2) is 6.10 Å². The molecule has 0 spiro atoms. The fourth-order valence-corrected chi connectivity index (χ4v) is 2.87. The van der Waals surface area contributed by atoms with E-state index < -0.39 is 22.9 Å². The van der Waals surface area contributed by atoms with Gasteiger partial charge in [0, 0.05) is 29.2 Å². The van der Waals surface area contributed by atoms with Crippen molar-refractivity contribution in [3.05, 3.63) is 64.3 Å². The lowest BCUT2D eigenvalue weighted by Crippen LogP contribution is -2.30. The average molecular weight is 397 g/mol. The predicted molar refractivity (Wildman–Crippen MR) is 106 cm³/mol. The van der Waals surface area contributed by atoms with Gasteiger partial charge in [-0.2, -0.15) is 0 Å². The van der Waals surface area contributed by atoms with Crippen LogP contribution < -0.4 is 10.1 Å². The molecular weight excluding hydrogens is 378 g/mol. The Hall–Kier alpha value is -3.88. The van der Waals surface area contributed by atoms with Crippen molar-refractivity contribution in [3.63, 3.8) is 0 Å². The molecule has 0 fully saturated rings. The molecule has 150 valence electrons. The van der Waals surface area contributed by atoms with Gasteiger partial charge in [-0.3, -0.25) is 19.7 Å². The van der Waals surface area contributed by atoms with Crippen molar-refractivity contribution in [2.24, 2.45) is 0 Å². The number of aromatic amines is 1. The monoisotopic (exact) mass is 397 g/mol. The molecule has 1 atom stereocenters. The lowest BCUT2D eigenvalue weighted by Gasteiger charge is -2.15. The fraction of sp³-hybridized carbons (Fsp3) is 0.200. The molecule has 3 aromatic rings. The van der Waals surface area contributed by atoms with Crippen LogP contribution in [-0.2, 0) is 20.7 Å². The smallest absolute Gasteiger partial charge is 0.311 e. The van der Waals surface area contributed by atoms with Crippen LogP contribution in [0.5, 0.6) is 5.75 Å². The molecule has 0 saturated heterocycles. The van der Waals surface area contributed by atoms with Crippen LogP contribution >= 0.6 is 0 Å². The number of H-pyrrole nitrogens is 1. The van der Waals surface area contributed by atoms with E-state index in [0.717, 1.165) is 16.5 Å². The van der Waals surface area contributed by atoms with Crippen molar-refractivity contribution < 1.29 is 24.0 Å². The number of carbonyl (C=O) groups excluding carboxylic acids is 2. The molecule has 0 aliphatic rings. The van der Waals surface area contributed by atoms with Crippen LogP contribution in [0, 0.1) is 10.1 Å². The maximum atomic E-state index is 12.4. The van der Waals surface area contributed by atoms with E-state index in [2.05, 4.69) is 10.3 Å². The number of nitro groups is 1. The van der Waals surface area contributed by atoms with Gasteiger partial charge in [-0.05, 0) is 24.6 Å². The summed E-state index contributed by atoms with van der Waals surface area (Å²) in [6.07, 6.45) is 0.628. The Balaban J connectivity index is 1.65. The summed E-state index contributed by atoms with van der Waals surface area (Å²) in [7, 11) is 1.38. The molecule has 0 unspecified atom stereocenters. The zero-order chi connectivity index (χ0) is 21.0. The molecule has 2 aromatic carbocycles. The SMILES string of the molecule is COc1ccc([N+](=O)[O-])cc1NC(=O)[C@@H](C)OC(=O)Cc1c[nH]c2ccccc12. The molecule has 0 aliphatic carbocycles. The minimum Gasteiger partial charge on any atom is -0.495 e. The second-order valence-corrected chi connectivity index (χ2v) is 6.30. The quantitative estimate of drug-likeness (QED) is 0.358. The topological polar surface area (TPSA) is 124 Å². The van der Waals surface area contributed by atoms with E-state index in [1.54, 1.807) is 6.20 Å². The molecule has 0 bridgehead atoms. The van der Waals surface area contributed by atoms with Crippen LogP contribution in [-0.4, -0.2) is 35.0 Å². The molecule has 9 heteroatoms. The first-order valence-corrected chi connectivity index (χ1v) is 8.77. The summed E-state index contributed by atoms with van der Waals surface area (Å²) < 4.78 is 10.3. The van der Waals surface area contributed by atoms with Gasteiger partial charge in [0.05, 0.1) is 24.1 Å². The van der Waals surface area contributed by atoms with Crippen molar-refractivity contribution in [1.29, 1.82) is 0 Å². The van der Waals surface area contributed by atoms with E-state index in [1.165, 1.54) is 32.2 Å². The Labute approximate surface area is 165 Å². The number of methoxy groups -OCH3 is 1. The zero-order valence-electron chi connectivity index (χ0n) is 15.8. The maximum absolute atomic E-state index is 12.4. The maximum Gasteiger partial charge on any atom is 0.311 e. The number of esters is 1. The number of hydrogen-bond acceptors (Lipinski definition) is 6. The van der Waals surface area contributed by atoms with Crippen molar-refractivity contribution in [2.45, 2.75) is 19.4 Å². The Bertz CT molecular complexity index is 1080. The number of amides is 1. The van der Waals surface area contributed by atoms with E-state index >= 15 is 0 Å². The van der Waals surface area contributed by atoms with Gasteiger partial charge >= 0.3 is 5.97 Å². The van der Waals surface area contributed by atoms with Gasteiger partial charge in [0.2, 0.25) is 0 Å². The van der Waals surface area contributed by atoms with Gasteiger partial charge < -0.3 is 19.8 Å². The molecule has 2 N–H and O–H groups in total. The number of rotatable bonds is 7. The van der Waals surface area contributed by atoms with Crippen LogP contribution in [0.25, 0.3) is 10.9 Å². The van der Waals surface area contributed by atoms with Gasteiger partial charge in [-0.1, -0.05) is 18.2 Å². The highest BCUT2D eigenvalue weighted by molar-refractivity contribution is 5.97. The molecule has 1 heterocycles. The molecular formula is C20H19N3O6. The van der Waals surface area contributed by atoms with Crippen molar-refractivity contribution in [3.8, 4) is 5.75 Å².